The number of rotatable bonds is 5. The highest BCUT2D eigenvalue weighted by Gasteiger charge is 2.63. The van der Waals surface area contributed by atoms with Crippen LogP contribution in [0.5, 0.6) is 0 Å². The van der Waals surface area contributed by atoms with Gasteiger partial charge in [-0.25, -0.2) is 0 Å². The molecule has 10 atom stereocenters. The summed E-state index contributed by atoms with van der Waals surface area (Å²) in [6.07, 6.45) is 8.74. The van der Waals surface area contributed by atoms with Gasteiger partial charge in [0.2, 0.25) is 0 Å². The van der Waals surface area contributed by atoms with Crippen LogP contribution in [0.15, 0.2) is 0 Å². The Hall–Kier alpha value is -1.06. The van der Waals surface area contributed by atoms with Gasteiger partial charge in [0.25, 0.3) is 0 Å². The van der Waals surface area contributed by atoms with Crippen molar-refractivity contribution in [3.8, 4) is 0 Å². The minimum absolute atomic E-state index is 0.00490. The van der Waals surface area contributed by atoms with Crippen molar-refractivity contribution in [1.29, 1.82) is 0 Å². The van der Waals surface area contributed by atoms with Gasteiger partial charge in [-0.05, 0) is 82.0 Å². The Morgan fingerprint density at radius 3 is 2.52 bits per heavy atom. The molecule has 0 radical (unpaired) electrons. The predicted octanol–water partition coefficient (Wildman–Crippen LogP) is 4.36. The predicted molar refractivity (Wildman–Crippen MR) is 101 cm³/mol. The molecule has 6 fully saturated rings. The van der Waals surface area contributed by atoms with Crippen molar-refractivity contribution >= 4 is 11.9 Å². The highest BCUT2D eigenvalue weighted by molar-refractivity contribution is 5.75. The highest BCUT2D eigenvalue weighted by Crippen LogP contribution is 2.64. The minimum atomic E-state index is -0.237. The van der Waals surface area contributed by atoms with E-state index in [0.717, 1.165) is 37.5 Å². The summed E-state index contributed by atoms with van der Waals surface area (Å²) in [5, 5.41) is 0. The van der Waals surface area contributed by atoms with Crippen LogP contribution in [0.1, 0.15) is 72.1 Å². The van der Waals surface area contributed by atoms with Gasteiger partial charge in [-0.3, -0.25) is 9.59 Å². The zero-order valence-corrected chi connectivity index (χ0v) is 17.0. The van der Waals surface area contributed by atoms with E-state index in [1.165, 1.54) is 25.7 Å². The first-order valence-electron chi connectivity index (χ1n) is 11.3. The average Bonchev–Trinajstić information content (AvgIpc) is 3.35. The normalized spacial score (nSPS) is 50.2. The number of carbonyl (C=O) groups excluding carboxylic acids is 2. The largest absolute Gasteiger partial charge is 0.462 e. The van der Waals surface area contributed by atoms with Gasteiger partial charge in [0, 0.05) is 11.8 Å². The molecule has 0 saturated heterocycles. The molecule has 0 aromatic heterocycles. The summed E-state index contributed by atoms with van der Waals surface area (Å²) in [5.74, 6) is 3.31. The van der Waals surface area contributed by atoms with Gasteiger partial charge < -0.3 is 9.47 Å². The number of carbonyl (C=O) groups is 2. The van der Waals surface area contributed by atoms with E-state index in [0.29, 0.717) is 17.8 Å². The van der Waals surface area contributed by atoms with Gasteiger partial charge in [0.05, 0.1) is 11.8 Å². The third-order valence-electron chi connectivity index (χ3n) is 9.20. The lowest BCUT2D eigenvalue weighted by Crippen LogP contribution is -2.47. The summed E-state index contributed by atoms with van der Waals surface area (Å²) >= 11 is 0. The first kappa shape index (κ1) is 18.0. The molecule has 6 aliphatic carbocycles. The minimum Gasteiger partial charge on any atom is -0.462 e. The molecule has 0 heterocycles. The van der Waals surface area contributed by atoms with Gasteiger partial charge >= 0.3 is 11.9 Å². The van der Waals surface area contributed by atoms with Gasteiger partial charge in [-0.15, -0.1) is 0 Å². The van der Waals surface area contributed by atoms with Crippen molar-refractivity contribution in [2.45, 2.75) is 83.8 Å². The topological polar surface area (TPSA) is 52.6 Å². The van der Waals surface area contributed by atoms with Crippen LogP contribution in [-0.4, -0.2) is 23.6 Å². The Bertz CT molecular complexity index is 640. The van der Waals surface area contributed by atoms with Crippen molar-refractivity contribution in [1.82, 2.24) is 0 Å². The van der Waals surface area contributed by atoms with E-state index in [-0.39, 0.29) is 41.4 Å². The van der Waals surface area contributed by atoms with Crippen LogP contribution < -0.4 is 0 Å². The first-order valence-corrected chi connectivity index (χ1v) is 11.3. The summed E-state index contributed by atoms with van der Waals surface area (Å²) in [7, 11) is 0. The maximum absolute atomic E-state index is 13.2. The van der Waals surface area contributed by atoms with Crippen molar-refractivity contribution < 1.29 is 19.1 Å². The van der Waals surface area contributed by atoms with Gasteiger partial charge in [-0.1, -0.05) is 13.8 Å². The summed E-state index contributed by atoms with van der Waals surface area (Å²) in [6.45, 7) is 6.15. The van der Waals surface area contributed by atoms with E-state index in [1.807, 2.05) is 13.8 Å². The number of ether oxygens (including phenoxy) is 2. The molecular weight excluding hydrogens is 340 g/mol. The first-order chi connectivity index (χ1) is 12.9. The average molecular weight is 375 g/mol. The zero-order chi connectivity index (χ0) is 18.9. The van der Waals surface area contributed by atoms with Crippen molar-refractivity contribution in [3.63, 3.8) is 0 Å². The number of esters is 2. The molecular formula is C23H34O4. The number of hydrogen-bond acceptors (Lipinski definition) is 4. The molecule has 10 unspecified atom stereocenters. The van der Waals surface area contributed by atoms with Gasteiger partial charge in [0.15, 0.2) is 0 Å². The smallest absolute Gasteiger partial charge is 0.309 e. The number of fused-ring (bicyclic) bond motifs is 2. The van der Waals surface area contributed by atoms with E-state index < -0.39 is 0 Å². The monoisotopic (exact) mass is 374 g/mol. The molecule has 27 heavy (non-hydrogen) atoms. The summed E-state index contributed by atoms with van der Waals surface area (Å²) in [5.41, 5.74) is -0.237. The second-order valence-electron chi connectivity index (χ2n) is 10.6. The van der Waals surface area contributed by atoms with E-state index in [9.17, 15) is 9.59 Å². The molecule has 0 spiro atoms. The Labute approximate surface area is 162 Å². The van der Waals surface area contributed by atoms with Crippen LogP contribution in [0, 0.1) is 47.3 Å². The van der Waals surface area contributed by atoms with Gasteiger partial charge in [0.1, 0.15) is 11.7 Å². The van der Waals surface area contributed by atoms with Crippen LogP contribution in [0.4, 0.5) is 0 Å². The van der Waals surface area contributed by atoms with Crippen LogP contribution in [0.3, 0.4) is 0 Å². The maximum Gasteiger partial charge on any atom is 0.309 e. The van der Waals surface area contributed by atoms with Crippen LogP contribution >= 0.6 is 0 Å². The highest BCUT2D eigenvalue weighted by atomic mass is 16.6. The lowest BCUT2D eigenvalue weighted by atomic mass is 9.73. The third kappa shape index (κ3) is 2.68. The second kappa shape index (κ2) is 6.22. The molecule has 0 aromatic rings. The third-order valence-corrected chi connectivity index (χ3v) is 9.20. The van der Waals surface area contributed by atoms with Crippen molar-refractivity contribution in [3.05, 3.63) is 0 Å². The fourth-order valence-corrected chi connectivity index (χ4v) is 7.61. The van der Waals surface area contributed by atoms with Crippen LogP contribution in [-0.2, 0) is 19.1 Å². The standard InChI is InChI=1S/C23H34O4/c1-4-12(2)21(24)26-20-10-14-7-17(20)18(8-14)22(25)27-23(3)16-6-13-5-15(11-16)19(23)9-13/h12-20H,4-11H2,1-3H3. The molecule has 0 N–H and O–H groups in total. The molecule has 150 valence electrons. The molecule has 0 aromatic carbocycles. The molecule has 6 aliphatic rings. The van der Waals surface area contributed by atoms with E-state index in [1.54, 1.807) is 0 Å². The molecule has 4 heteroatoms. The fourth-order valence-electron chi connectivity index (χ4n) is 7.61. The summed E-state index contributed by atoms with van der Waals surface area (Å²) < 4.78 is 12.2. The quantitative estimate of drug-likeness (QED) is 0.671. The lowest BCUT2D eigenvalue weighted by molar-refractivity contribution is -0.181. The molecule has 0 amide bonds. The Morgan fingerprint density at radius 2 is 1.81 bits per heavy atom. The summed E-state index contributed by atoms with van der Waals surface area (Å²) in [4.78, 5) is 25.5. The lowest BCUT2D eigenvalue weighted by Gasteiger charge is -2.42. The Kier molecular flexibility index (Phi) is 4.15. The van der Waals surface area contributed by atoms with E-state index in [4.69, 9.17) is 9.47 Å². The molecule has 6 bridgehead atoms. The van der Waals surface area contributed by atoms with Crippen molar-refractivity contribution in [2.75, 3.05) is 0 Å². The molecule has 6 rings (SSSR count). The van der Waals surface area contributed by atoms with Crippen LogP contribution in [0.25, 0.3) is 0 Å². The summed E-state index contributed by atoms with van der Waals surface area (Å²) in [6, 6.07) is 0. The van der Waals surface area contributed by atoms with E-state index >= 15 is 0 Å². The molecule has 0 aliphatic heterocycles. The molecule has 6 saturated carbocycles. The second-order valence-corrected chi connectivity index (χ2v) is 10.6. The van der Waals surface area contributed by atoms with E-state index in [2.05, 4.69) is 6.92 Å². The fraction of sp³-hybridized carbons (Fsp3) is 0.913. The van der Waals surface area contributed by atoms with Crippen LogP contribution in [0.2, 0.25) is 0 Å². The van der Waals surface area contributed by atoms with Gasteiger partial charge in [-0.2, -0.15) is 0 Å². The maximum atomic E-state index is 13.2. The number of hydrogen-bond donors (Lipinski definition) is 0. The molecule has 4 nitrogen and oxygen atoms in total. The Morgan fingerprint density at radius 1 is 1.04 bits per heavy atom. The van der Waals surface area contributed by atoms with Crippen molar-refractivity contribution in [2.24, 2.45) is 47.3 Å². The zero-order valence-electron chi connectivity index (χ0n) is 17.0. The Balaban J connectivity index is 1.25. The SMILES string of the molecule is CCC(C)C(=O)OC1CC2CC(C(=O)OC3(C)C4CC5CC(C4)C3C5)C1C2.